The maximum atomic E-state index is 3.33. The van der Waals surface area contributed by atoms with Crippen molar-refractivity contribution in [3.05, 3.63) is 78.0 Å². The van der Waals surface area contributed by atoms with E-state index in [-0.39, 0.29) is 12.4 Å². The number of likely N-dealkylation sites (N-methyl/N-ethyl adjacent to an activating group) is 1. The summed E-state index contributed by atoms with van der Waals surface area (Å²) in [5.41, 5.74) is 3.84. The van der Waals surface area contributed by atoms with Gasteiger partial charge in [-0.1, -0.05) is 60.7 Å². The van der Waals surface area contributed by atoms with Crippen molar-refractivity contribution in [2.24, 2.45) is 0 Å². The molecule has 1 heterocycles. The highest BCUT2D eigenvalue weighted by atomic mass is 35.5. The Hall–Kier alpha value is -2.03. The third-order valence-corrected chi connectivity index (χ3v) is 3.64. The summed E-state index contributed by atoms with van der Waals surface area (Å²) in [7, 11) is 2.15. The van der Waals surface area contributed by atoms with Crippen molar-refractivity contribution in [3.63, 3.8) is 0 Å². The predicted octanol–water partition coefficient (Wildman–Crippen LogP) is 4.73. The van der Waals surface area contributed by atoms with E-state index in [1.54, 1.807) is 0 Å². The molecule has 1 aromatic heterocycles. The van der Waals surface area contributed by atoms with Crippen LogP contribution in [-0.2, 0) is 6.54 Å². The fraction of sp³-hybridized carbons (Fsp3) is 0.158. The number of hydrogen-bond acceptors (Lipinski definition) is 1. The topological polar surface area (TPSA) is 19.0 Å². The zero-order valence-electron chi connectivity index (χ0n) is 12.7. The summed E-state index contributed by atoms with van der Waals surface area (Å²) in [6.07, 6.45) is 6.39. The standard InChI is InChI=1S/C19H20N2.ClH/c1-21(14-6-9-16-7-3-2-4-8-16)15-18-11-5-10-17-12-13-20-19(17)18;/h2-13,20H,14-15H2,1H3;1H/b9-6+;. The Kier molecular flexibility index (Phi) is 5.82. The third-order valence-electron chi connectivity index (χ3n) is 3.64. The van der Waals surface area contributed by atoms with Crippen molar-refractivity contribution >= 4 is 29.4 Å². The number of nitrogens with one attached hydrogen (secondary N) is 1. The van der Waals surface area contributed by atoms with Crippen LogP contribution in [0.4, 0.5) is 0 Å². The summed E-state index contributed by atoms with van der Waals surface area (Å²) >= 11 is 0. The lowest BCUT2D eigenvalue weighted by Gasteiger charge is -2.15. The molecule has 0 atom stereocenters. The number of H-pyrrole nitrogens is 1. The van der Waals surface area contributed by atoms with Gasteiger partial charge in [-0.25, -0.2) is 0 Å². The first-order chi connectivity index (χ1) is 10.3. The van der Waals surface area contributed by atoms with Gasteiger partial charge in [0.15, 0.2) is 0 Å². The lowest BCUT2D eigenvalue weighted by molar-refractivity contribution is 0.365. The number of halogens is 1. The zero-order valence-corrected chi connectivity index (χ0v) is 13.5. The average molecular weight is 313 g/mol. The van der Waals surface area contributed by atoms with Gasteiger partial charge in [-0.15, -0.1) is 12.4 Å². The zero-order chi connectivity index (χ0) is 14.5. The van der Waals surface area contributed by atoms with E-state index in [9.17, 15) is 0 Å². The van der Waals surface area contributed by atoms with E-state index in [1.165, 1.54) is 22.0 Å². The summed E-state index contributed by atoms with van der Waals surface area (Å²) in [5.74, 6) is 0. The second-order valence-corrected chi connectivity index (χ2v) is 5.37. The fourth-order valence-corrected chi connectivity index (χ4v) is 2.57. The second kappa shape index (κ2) is 7.83. The second-order valence-electron chi connectivity index (χ2n) is 5.37. The minimum atomic E-state index is 0. The van der Waals surface area contributed by atoms with E-state index in [0.29, 0.717) is 0 Å². The Morgan fingerprint density at radius 1 is 1.00 bits per heavy atom. The maximum absolute atomic E-state index is 3.33. The molecule has 22 heavy (non-hydrogen) atoms. The third kappa shape index (κ3) is 4.00. The molecule has 0 spiro atoms. The first-order valence-electron chi connectivity index (χ1n) is 7.28. The van der Waals surface area contributed by atoms with Crippen LogP contribution < -0.4 is 0 Å². The van der Waals surface area contributed by atoms with Crippen molar-refractivity contribution in [1.82, 2.24) is 9.88 Å². The van der Waals surface area contributed by atoms with E-state index in [0.717, 1.165) is 13.1 Å². The Bertz CT molecular complexity index is 731. The van der Waals surface area contributed by atoms with E-state index in [1.807, 2.05) is 12.3 Å². The number of aromatic nitrogens is 1. The Labute approximate surface area is 137 Å². The molecule has 0 aliphatic carbocycles. The molecule has 0 bridgehead atoms. The van der Waals surface area contributed by atoms with Crippen LogP contribution in [-0.4, -0.2) is 23.5 Å². The highest BCUT2D eigenvalue weighted by Gasteiger charge is 2.04. The van der Waals surface area contributed by atoms with Gasteiger partial charge in [-0.05, 0) is 29.6 Å². The molecule has 0 unspecified atom stereocenters. The van der Waals surface area contributed by atoms with Gasteiger partial charge < -0.3 is 4.98 Å². The van der Waals surface area contributed by atoms with Crippen LogP contribution >= 0.6 is 12.4 Å². The van der Waals surface area contributed by atoms with Gasteiger partial charge in [0.05, 0.1) is 0 Å². The van der Waals surface area contributed by atoms with E-state index >= 15 is 0 Å². The molecule has 1 N–H and O–H groups in total. The van der Waals surface area contributed by atoms with Gasteiger partial charge >= 0.3 is 0 Å². The Morgan fingerprint density at radius 2 is 1.82 bits per heavy atom. The molecule has 3 rings (SSSR count). The van der Waals surface area contributed by atoms with E-state index in [4.69, 9.17) is 0 Å². The van der Waals surface area contributed by atoms with Gasteiger partial charge in [0.2, 0.25) is 0 Å². The van der Waals surface area contributed by atoms with Crippen LogP contribution in [0.2, 0.25) is 0 Å². The summed E-state index contributed by atoms with van der Waals surface area (Å²) in [4.78, 5) is 5.65. The summed E-state index contributed by atoms with van der Waals surface area (Å²) in [6, 6.07) is 19.0. The summed E-state index contributed by atoms with van der Waals surface area (Å²) in [6.45, 7) is 1.88. The molecule has 2 aromatic carbocycles. The van der Waals surface area contributed by atoms with Crippen molar-refractivity contribution in [1.29, 1.82) is 0 Å². The molecule has 0 aliphatic heterocycles. The van der Waals surface area contributed by atoms with Gasteiger partial charge in [-0.3, -0.25) is 4.90 Å². The van der Waals surface area contributed by atoms with E-state index in [2.05, 4.69) is 77.6 Å². The molecule has 0 saturated heterocycles. The maximum Gasteiger partial charge on any atom is 0.0499 e. The number of fused-ring (bicyclic) bond motifs is 1. The number of nitrogens with zero attached hydrogens (tertiary/aromatic N) is 1. The van der Waals surface area contributed by atoms with Crippen LogP contribution in [0.3, 0.4) is 0 Å². The molecule has 0 fully saturated rings. The molecule has 0 amide bonds. The number of rotatable bonds is 5. The normalized spacial score (nSPS) is 11.2. The minimum absolute atomic E-state index is 0. The Balaban J connectivity index is 0.00000176. The lowest BCUT2D eigenvalue weighted by atomic mass is 10.1. The first kappa shape index (κ1) is 16.3. The minimum Gasteiger partial charge on any atom is -0.361 e. The van der Waals surface area contributed by atoms with Crippen molar-refractivity contribution in [2.75, 3.05) is 13.6 Å². The van der Waals surface area contributed by atoms with Crippen LogP contribution in [0.25, 0.3) is 17.0 Å². The molecule has 0 radical (unpaired) electrons. The number of benzene rings is 2. The number of para-hydroxylation sites is 1. The largest absolute Gasteiger partial charge is 0.361 e. The number of hydrogen-bond donors (Lipinski definition) is 1. The molecule has 3 aromatic rings. The van der Waals surface area contributed by atoms with Gasteiger partial charge in [0, 0.05) is 24.8 Å². The Morgan fingerprint density at radius 3 is 2.64 bits per heavy atom. The predicted molar refractivity (Wildman–Crippen MR) is 97.4 cm³/mol. The van der Waals surface area contributed by atoms with Gasteiger partial charge in [0.1, 0.15) is 0 Å². The van der Waals surface area contributed by atoms with Gasteiger partial charge in [0.25, 0.3) is 0 Å². The first-order valence-corrected chi connectivity index (χ1v) is 7.28. The molecule has 0 saturated carbocycles. The molecular weight excluding hydrogens is 292 g/mol. The molecule has 114 valence electrons. The van der Waals surface area contributed by atoms with Crippen LogP contribution in [0.1, 0.15) is 11.1 Å². The van der Waals surface area contributed by atoms with Crippen LogP contribution in [0.5, 0.6) is 0 Å². The van der Waals surface area contributed by atoms with Crippen LogP contribution in [0.15, 0.2) is 66.9 Å². The lowest BCUT2D eigenvalue weighted by Crippen LogP contribution is -2.17. The fourth-order valence-electron chi connectivity index (χ4n) is 2.57. The van der Waals surface area contributed by atoms with E-state index < -0.39 is 0 Å². The average Bonchev–Trinajstić information content (AvgIpc) is 2.98. The van der Waals surface area contributed by atoms with Crippen molar-refractivity contribution in [2.45, 2.75) is 6.54 Å². The monoisotopic (exact) mass is 312 g/mol. The molecular formula is C19H21ClN2. The summed E-state index contributed by atoms with van der Waals surface area (Å²) < 4.78 is 0. The van der Waals surface area contributed by atoms with Crippen molar-refractivity contribution < 1.29 is 0 Å². The smallest absolute Gasteiger partial charge is 0.0499 e. The quantitative estimate of drug-likeness (QED) is 0.721. The van der Waals surface area contributed by atoms with Gasteiger partial charge in [-0.2, -0.15) is 0 Å². The SMILES string of the molecule is CN(C/C=C/c1ccccc1)Cc1cccc2cc[nH]c12.Cl. The highest BCUT2D eigenvalue weighted by Crippen LogP contribution is 2.18. The highest BCUT2D eigenvalue weighted by molar-refractivity contribution is 5.85. The van der Waals surface area contributed by atoms with Crippen molar-refractivity contribution in [3.8, 4) is 0 Å². The van der Waals surface area contributed by atoms with Crippen LogP contribution in [0, 0.1) is 0 Å². The summed E-state index contributed by atoms with van der Waals surface area (Å²) in [5, 5.41) is 1.28. The molecule has 3 heteroatoms. The number of aromatic amines is 1. The molecule has 2 nitrogen and oxygen atoms in total. The molecule has 0 aliphatic rings.